The third-order valence-electron chi connectivity index (χ3n) is 3.40. The minimum Gasteiger partial charge on any atom is -0.483 e. The molecule has 2 amide bonds. The Morgan fingerprint density at radius 1 is 1.10 bits per heavy atom. The van der Waals surface area contributed by atoms with Crippen molar-refractivity contribution in [3.8, 4) is 11.8 Å². The molecule has 2 aromatic rings. The number of hydrogen-bond acceptors (Lipinski definition) is 5. The Hall–Kier alpha value is -3.74. The Morgan fingerprint density at radius 3 is 2.48 bits per heavy atom. The van der Waals surface area contributed by atoms with Gasteiger partial charge in [0.05, 0.1) is 12.2 Å². The van der Waals surface area contributed by atoms with Crippen LogP contribution in [-0.4, -0.2) is 31.4 Å². The topological polar surface area (TPSA) is 100 Å². The zero-order chi connectivity index (χ0) is 21.4. The van der Waals surface area contributed by atoms with Crippen molar-refractivity contribution in [3.05, 3.63) is 53.6 Å². The van der Waals surface area contributed by atoms with Crippen LogP contribution in [0.25, 0.3) is 0 Å². The molecule has 2 aromatic carbocycles. The summed E-state index contributed by atoms with van der Waals surface area (Å²) in [4.78, 5) is 23.9. The van der Waals surface area contributed by atoms with Crippen molar-refractivity contribution < 1.29 is 32.2 Å². The number of benzene rings is 2. The monoisotopic (exact) mass is 407 g/mol. The van der Waals surface area contributed by atoms with Crippen molar-refractivity contribution in [2.24, 2.45) is 0 Å². The van der Waals surface area contributed by atoms with Crippen LogP contribution < -0.4 is 15.4 Å². The lowest BCUT2D eigenvalue weighted by Gasteiger charge is -2.12. The number of nitrogens with one attached hydrogen (secondary N) is 2. The molecule has 0 heterocycles. The highest BCUT2D eigenvalue weighted by molar-refractivity contribution is 6.05. The lowest BCUT2D eigenvalue weighted by Crippen LogP contribution is -2.19. The summed E-state index contributed by atoms with van der Waals surface area (Å²) in [6.45, 7) is 0.307. The maximum Gasteiger partial charge on any atom is 0.422 e. The number of anilines is 2. The van der Waals surface area contributed by atoms with Gasteiger partial charge >= 0.3 is 12.3 Å². The van der Waals surface area contributed by atoms with Crippen LogP contribution in [0.3, 0.4) is 0 Å². The van der Waals surface area contributed by atoms with Crippen molar-refractivity contribution in [2.45, 2.75) is 13.1 Å². The normalized spacial score (nSPS) is 10.6. The molecule has 0 atom stereocenters. The molecule has 0 saturated heterocycles. The highest BCUT2D eigenvalue weighted by Gasteiger charge is 2.28. The second kappa shape index (κ2) is 9.45. The van der Waals surface area contributed by atoms with E-state index in [1.807, 2.05) is 0 Å². The zero-order valence-electron chi connectivity index (χ0n) is 15.2. The zero-order valence-corrected chi connectivity index (χ0v) is 15.2. The molecule has 0 bridgehead atoms. The minimum absolute atomic E-state index is 0.162. The number of carbonyl (C=O) groups is 2. The Morgan fingerprint density at radius 2 is 1.83 bits per heavy atom. The van der Waals surface area contributed by atoms with E-state index in [0.717, 1.165) is 0 Å². The van der Waals surface area contributed by atoms with Gasteiger partial charge in [-0.05, 0) is 43.3 Å². The Bertz CT molecular complexity index is 939. The van der Waals surface area contributed by atoms with Gasteiger partial charge in [-0.25, -0.2) is 4.79 Å². The maximum atomic E-state index is 12.4. The highest BCUT2D eigenvalue weighted by atomic mass is 19.4. The summed E-state index contributed by atoms with van der Waals surface area (Å²) >= 11 is 0. The number of carbonyl (C=O) groups excluding carboxylic acids is 2. The summed E-state index contributed by atoms with van der Waals surface area (Å²) in [5.41, 5.74) is 0.569. The molecule has 0 saturated carbocycles. The van der Waals surface area contributed by atoms with Crippen LogP contribution in [-0.2, 0) is 4.74 Å². The SMILES string of the molecule is CCOC(=O)Nc1cccc(C(=O)Nc2ccc(OCC(F)(F)F)c(C#N)c2)c1. The van der Waals surface area contributed by atoms with E-state index in [4.69, 9.17) is 10.00 Å². The van der Waals surface area contributed by atoms with E-state index in [0.29, 0.717) is 5.69 Å². The first-order chi connectivity index (χ1) is 13.7. The molecule has 0 aromatic heterocycles. The van der Waals surface area contributed by atoms with Crippen LogP contribution in [0.15, 0.2) is 42.5 Å². The summed E-state index contributed by atoms with van der Waals surface area (Å²) in [5, 5.41) is 14.1. The molecular formula is C19H16F3N3O4. The highest BCUT2D eigenvalue weighted by Crippen LogP contribution is 2.25. The Balaban J connectivity index is 2.10. The molecule has 0 spiro atoms. The second-order valence-corrected chi connectivity index (χ2v) is 5.61. The number of alkyl halides is 3. The summed E-state index contributed by atoms with van der Waals surface area (Å²) < 4.78 is 46.2. The molecule has 2 rings (SSSR count). The van der Waals surface area contributed by atoms with E-state index < -0.39 is 24.8 Å². The summed E-state index contributed by atoms with van der Waals surface area (Å²) in [7, 11) is 0. The molecule has 0 fully saturated rings. The smallest absolute Gasteiger partial charge is 0.422 e. The second-order valence-electron chi connectivity index (χ2n) is 5.61. The van der Waals surface area contributed by atoms with Crippen LogP contribution in [0.2, 0.25) is 0 Å². The van der Waals surface area contributed by atoms with Gasteiger partial charge in [-0.3, -0.25) is 10.1 Å². The van der Waals surface area contributed by atoms with Gasteiger partial charge in [0.15, 0.2) is 6.61 Å². The predicted molar refractivity (Wildman–Crippen MR) is 97.7 cm³/mol. The van der Waals surface area contributed by atoms with E-state index in [-0.39, 0.29) is 29.2 Å². The van der Waals surface area contributed by atoms with Crippen molar-refractivity contribution in [2.75, 3.05) is 23.8 Å². The first-order valence-electron chi connectivity index (χ1n) is 8.30. The van der Waals surface area contributed by atoms with E-state index in [2.05, 4.69) is 15.4 Å². The Labute approximate surface area is 164 Å². The van der Waals surface area contributed by atoms with E-state index in [1.165, 1.54) is 30.3 Å². The van der Waals surface area contributed by atoms with Crippen LogP contribution >= 0.6 is 0 Å². The quantitative estimate of drug-likeness (QED) is 0.743. The van der Waals surface area contributed by atoms with Crippen molar-refractivity contribution in [1.82, 2.24) is 0 Å². The van der Waals surface area contributed by atoms with E-state index in [1.54, 1.807) is 25.1 Å². The van der Waals surface area contributed by atoms with Crippen molar-refractivity contribution in [3.63, 3.8) is 0 Å². The van der Waals surface area contributed by atoms with Gasteiger partial charge in [-0.2, -0.15) is 18.4 Å². The van der Waals surface area contributed by atoms with Crippen LogP contribution in [0, 0.1) is 11.3 Å². The van der Waals surface area contributed by atoms with Crippen molar-refractivity contribution >= 4 is 23.4 Å². The van der Waals surface area contributed by atoms with E-state index in [9.17, 15) is 22.8 Å². The van der Waals surface area contributed by atoms with Gasteiger partial charge in [-0.1, -0.05) is 6.07 Å². The molecule has 29 heavy (non-hydrogen) atoms. The van der Waals surface area contributed by atoms with Crippen LogP contribution in [0.4, 0.5) is 29.3 Å². The summed E-state index contributed by atoms with van der Waals surface area (Å²) in [5.74, 6) is -0.797. The minimum atomic E-state index is -4.54. The predicted octanol–water partition coefficient (Wildman–Crippen LogP) is 4.32. The molecule has 0 radical (unpaired) electrons. The van der Waals surface area contributed by atoms with E-state index >= 15 is 0 Å². The first-order valence-corrected chi connectivity index (χ1v) is 8.30. The number of amides is 2. The average Bonchev–Trinajstić information content (AvgIpc) is 2.66. The molecule has 0 aliphatic carbocycles. The van der Waals surface area contributed by atoms with Crippen LogP contribution in [0.5, 0.6) is 5.75 Å². The van der Waals surface area contributed by atoms with Gasteiger partial charge < -0.3 is 14.8 Å². The molecule has 0 aliphatic heterocycles. The van der Waals surface area contributed by atoms with Gasteiger partial charge in [-0.15, -0.1) is 0 Å². The van der Waals surface area contributed by atoms with Crippen molar-refractivity contribution in [1.29, 1.82) is 5.26 Å². The fraction of sp³-hybridized carbons (Fsp3) is 0.211. The number of nitrogens with zero attached hydrogens (tertiary/aromatic N) is 1. The number of ether oxygens (including phenoxy) is 2. The molecule has 152 valence electrons. The molecular weight excluding hydrogens is 391 g/mol. The van der Waals surface area contributed by atoms with Gasteiger partial charge in [0.25, 0.3) is 5.91 Å². The standard InChI is InChI=1S/C19H16F3N3O4/c1-2-28-18(27)25-14-5-3-4-12(8-14)17(26)24-15-6-7-16(13(9-15)10-23)29-11-19(20,21)22/h3-9H,2,11H2,1H3,(H,24,26)(H,25,27). The Kier molecular flexibility index (Phi) is 7.03. The molecule has 0 unspecified atom stereocenters. The summed E-state index contributed by atoms with van der Waals surface area (Å²) in [6, 6.07) is 11.4. The molecule has 10 heteroatoms. The third-order valence-corrected chi connectivity index (χ3v) is 3.40. The first kappa shape index (κ1) is 21.6. The summed E-state index contributed by atoms with van der Waals surface area (Å²) in [6.07, 6.45) is -5.21. The number of hydrogen-bond donors (Lipinski definition) is 2. The number of nitriles is 1. The lowest BCUT2D eigenvalue weighted by atomic mass is 10.1. The van der Waals surface area contributed by atoms with Gasteiger partial charge in [0.1, 0.15) is 11.8 Å². The molecule has 0 aliphatic rings. The third kappa shape index (κ3) is 6.73. The van der Waals surface area contributed by atoms with Gasteiger partial charge in [0.2, 0.25) is 0 Å². The van der Waals surface area contributed by atoms with Gasteiger partial charge in [0, 0.05) is 16.9 Å². The maximum absolute atomic E-state index is 12.4. The lowest BCUT2D eigenvalue weighted by molar-refractivity contribution is -0.153. The molecule has 2 N–H and O–H groups in total. The number of halogens is 3. The fourth-order valence-corrected chi connectivity index (χ4v) is 2.21. The largest absolute Gasteiger partial charge is 0.483 e. The average molecular weight is 407 g/mol. The fourth-order valence-electron chi connectivity index (χ4n) is 2.21. The number of rotatable bonds is 6. The molecule has 7 nitrogen and oxygen atoms in total. The van der Waals surface area contributed by atoms with Crippen LogP contribution in [0.1, 0.15) is 22.8 Å².